The predicted molar refractivity (Wildman–Crippen MR) is 79.0 cm³/mol. The SMILES string of the molecule is Cc1nnsc1C(=O)N1CCCC12CCCN(C)CC2. The molecule has 0 aliphatic carbocycles. The van der Waals surface area contributed by atoms with E-state index in [-0.39, 0.29) is 11.4 Å². The molecule has 0 saturated carbocycles. The highest BCUT2D eigenvalue weighted by molar-refractivity contribution is 7.07. The van der Waals surface area contributed by atoms with E-state index in [2.05, 4.69) is 26.4 Å². The van der Waals surface area contributed by atoms with Crippen molar-refractivity contribution in [3.63, 3.8) is 0 Å². The Morgan fingerprint density at radius 1 is 1.20 bits per heavy atom. The van der Waals surface area contributed by atoms with Crippen LogP contribution in [0.25, 0.3) is 0 Å². The van der Waals surface area contributed by atoms with E-state index < -0.39 is 0 Å². The van der Waals surface area contributed by atoms with E-state index in [0.29, 0.717) is 0 Å². The quantitative estimate of drug-likeness (QED) is 0.794. The third kappa shape index (κ3) is 2.35. The maximum absolute atomic E-state index is 12.8. The number of likely N-dealkylation sites (tertiary alicyclic amines) is 2. The summed E-state index contributed by atoms with van der Waals surface area (Å²) in [5.74, 6) is 0.152. The molecule has 1 aromatic heterocycles. The molecule has 3 rings (SSSR count). The Balaban J connectivity index is 1.85. The molecule has 1 amide bonds. The number of aryl methyl sites for hydroxylation is 1. The largest absolute Gasteiger partial charge is 0.332 e. The number of aromatic nitrogens is 2. The van der Waals surface area contributed by atoms with Crippen LogP contribution in [0.5, 0.6) is 0 Å². The molecule has 20 heavy (non-hydrogen) atoms. The molecule has 1 atom stereocenters. The first-order chi connectivity index (χ1) is 9.62. The first-order valence-electron chi connectivity index (χ1n) is 7.42. The van der Waals surface area contributed by atoms with Gasteiger partial charge < -0.3 is 9.80 Å². The molecule has 2 aliphatic heterocycles. The van der Waals surface area contributed by atoms with Gasteiger partial charge in [-0.05, 0) is 64.2 Å². The number of carbonyl (C=O) groups excluding carboxylic acids is 1. The minimum Gasteiger partial charge on any atom is -0.332 e. The van der Waals surface area contributed by atoms with Gasteiger partial charge in [-0.15, -0.1) is 5.10 Å². The van der Waals surface area contributed by atoms with E-state index in [1.54, 1.807) is 0 Å². The Kier molecular flexibility index (Phi) is 3.77. The maximum atomic E-state index is 12.8. The van der Waals surface area contributed by atoms with Gasteiger partial charge in [0.2, 0.25) is 0 Å². The fourth-order valence-corrected chi connectivity index (χ4v) is 4.25. The zero-order valence-corrected chi connectivity index (χ0v) is 13.1. The van der Waals surface area contributed by atoms with E-state index in [9.17, 15) is 4.79 Å². The molecule has 2 saturated heterocycles. The van der Waals surface area contributed by atoms with E-state index in [0.717, 1.165) is 55.9 Å². The van der Waals surface area contributed by atoms with Crippen molar-refractivity contribution in [2.75, 3.05) is 26.7 Å². The molecule has 1 spiro atoms. The van der Waals surface area contributed by atoms with Gasteiger partial charge in [-0.2, -0.15) is 0 Å². The standard InChI is InChI=1S/C14H22N4OS/c1-11-12(20-16-15-11)13(19)18-9-4-6-14(18)5-3-8-17(2)10-7-14/h3-10H2,1-2H3. The Hall–Kier alpha value is -1.01. The molecule has 0 N–H and O–H groups in total. The third-order valence-corrected chi connectivity index (χ3v) is 5.64. The molecule has 5 nitrogen and oxygen atoms in total. The second kappa shape index (κ2) is 5.41. The summed E-state index contributed by atoms with van der Waals surface area (Å²) in [6.45, 7) is 4.99. The summed E-state index contributed by atoms with van der Waals surface area (Å²) < 4.78 is 3.91. The predicted octanol–water partition coefficient (Wildman–Crippen LogP) is 1.94. The highest BCUT2D eigenvalue weighted by Crippen LogP contribution is 2.39. The fraction of sp³-hybridized carbons (Fsp3) is 0.786. The molecule has 110 valence electrons. The number of hydrogen-bond donors (Lipinski definition) is 0. The molecular formula is C14H22N4OS. The van der Waals surface area contributed by atoms with Crippen LogP contribution in [0.2, 0.25) is 0 Å². The van der Waals surface area contributed by atoms with Crippen molar-refractivity contribution in [2.45, 2.75) is 44.6 Å². The van der Waals surface area contributed by atoms with Crippen molar-refractivity contribution in [3.05, 3.63) is 10.6 Å². The maximum Gasteiger partial charge on any atom is 0.267 e. The Bertz CT molecular complexity index is 503. The van der Waals surface area contributed by atoms with Gasteiger partial charge in [-0.25, -0.2) is 0 Å². The van der Waals surface area contributed by atoms with Crippen molar-refractivity contribution in [1.29, 1.82) is 0 Å². The molecular weight excluding hydrogens is 272 g/mol. The molecule has 1 unspecified atom stereocenters. The van der Waals surface area contributed by atoms with E-state index >= 15 is 0 Å². The van der Waals surface area contributed by atoms with Crippen molar-refractivity contribution in [2.24, 2.45) is 0 Å². The van der Waals surface area contributed by atoms with Gasteiger partial charge in [0.05, 0.1) is 5.69 Å². The van der Waals surface area contributed by atoms with Crippen molar-refractivity contribution < 1.29 is 4.79 Å². The average Bonchev–Trinajstić information content (AvgIpc) is 2.97. The van der Waals surface area contributed by atoms with Gasteiger partial charge in [0.1, 0.15) is 4.88 Å². The number of nitrogens with zero attached hydrogens (tertiary/aromatic N) is 4. The molecule has 1 aromatic rings. The first-order valence-corrected chi connectivity index (χ1v) is 8.19. The van der Waals surface area contributed by atoms with E-state index in [4.69, 9.17) is 0 Å². The third-order valence-electron chi connectivity index (χ3n) is 4.83. The zero-order valence-electron chi connectivity index (χ0n) is 12.3. The lowest BCUT2D eigenvalue weighted by molar-refractivity contribution is 0.0564. The summed E-state index contributed by atoms with van der Waals surface area (Å²) in [5.41, 5.74) is 0.853. The van der Waals surface area contributed by atoms with E-state index in [1.807, 2.05) is 6.92 Å². The van der Waals surface area contributed by atoms with Gasteiger partial charge >= 0.3 is 0 Å². The summed E-state index contributed by atoms with van der Waals surface area (Å²) in [5, 5.41) is 3.99. The van der Waals surface area contributed by atoms with Gasteiger partial charge in [-0.3, -0.25) is 4.79 Å². The normalized spacial score (nSPS) is 28.0. The smallest absolute Gasteiger partial charge is 0.267 e. The number of carbonyl (C=O) groups is 1. The second-order valence-electron chi connectivity index (χ2n) is 6.13. The van der Waals surface area contributed by atoms with Crippen molar-refractivity contribution >= 4 is 17.4 Å². The average molecular weight is 294 g/mol. The Morgan fingerprint density at radius 3 is 2.65 bits per heavy atom. The van der Waals surface area contributed by atoms with Crippen LogP contribution in [0.3, 0.4) is 0 Å². The summed E-state index contributed by atoms with van der Waals surface area (Å²) in [6.07, 6.45) is 5.69. The van der Waals surface area contributed by atoms with Crippen LogP contribution in [0.4, 0.5) is 0 Å². The summed E-state index contributed by atoms with van der Waals surface area (Å²) in [7, 11) is 2.18. The lowest BCUT2D eigenvalue weighted by Crippen LogP contribution is -2.47. The Morgan fingerprint density at radius 2 is 1.95 bits per heavy atom. The summed E-state index contributed by atoms with van der Waals surface area (Å²) in [6, 6.07) is 0. The van der Waals surface area contributed by atoms with Crippen LogP contribution in [0.1, 0.15) is 47.5 Å². The number of rotatable bonds is 1. The Labute approximate surface area is 124 Å². The highest BCUT2D eigenvalue weighted by atomic mass is 32.1. The highest BCUT2D eigenvalue weighted by Gasteiger charge is 2.44. The second-order valence-corrected chi connectivity index (χ2v) is 6.88. The number of amides is 1. The molecule has 6 heteroatoms. The summed E-state index contributed by atoms with van der Waals surface area (Å²) in [4.78, 5) is 18.1. The molecule has 0 aromatic carbocycles. The monoisotopic (exact) mass is 294 g/mol. The first kappa shape index (κ1) is 13.9. The van der Waals surface area contributed by atoms with E-state index in [1.165, 1.54) is 18.0 Å². The van der Waals surface area contributed by atoms with Gasteiger partial charge in [0.25, 0.3) is 5.91 Å². The topological polar surface area (TPSA) is 49.3 Å². The van der Waals surface area contributed by atoms with Crippen LogP contribution in [0, 0.1) is 6.92 Å². The van der Waals surface area contributed by atoms with Crippen LogP contribution in [-0.2, 0) is 0 Å². The summed E-state index contributed by atoms with van der Waals surface area (Å²) >= 11 is 1.23. The van der Waals surface area contributed by atoms with Crippen LogP contribution < -0.4 is 0 Å². The molecule has 2 aliphatic rings. The van der Waals surface area contributed by atoms with Crippen LogP contribution in [-0.4, -0.2) is 57.5 Å². The van der Waals surface area contributed by atoms with Crippen LogP contribution >= 0.6 is 11.5 Å². The molecule has 0 radical (unpaired) electrons. The molecule has 2 fully saturated rings. The van der Waals surface area contributed by atoms with Crippen molar-refractivity contribution in [1.82, 2.24) is 19.4 Å². The van der Waals surface area contributed by atoms with Crippen molar-refractivity contribution in [3.8, 4) is 0 Å². The molecule has 3 heterocycles. The lowest BCUT2D eigenvalue weighted by Gasteiger charge is -2.38. The zero-order chi connectivity index (χ0) is 14.2. The number of hydrogen-bond acceptors (Lipinski definition) is 5. The van der Waals surface area contributed by atoms with Gasteiger partial charge in [0.15, 0.2) is 0 Å². The van der Waals surface area contributed by atoms with Gasteiger partial charge in [-0.1, -0.05) is 4.49 Å². The lowest BCUT2D eigenvalue weighted by atomic mass is 9.87. The molecule has 0 bridgehead atoms. The van der Waals surface area contributed by atoms with Crippen LogP contribution in [0.15, 0.2) is 0 Å². The minimum absolute atomic E-state index is 0.0816. The fourth-order valence-electron chi connectivity index (χ4n) is 3.64. The van der Waals surface area contributed by atoms with Gasteiger partial charge in [0, 0.05) is 18.6 Å². The minimum atomic E-state index is 0.0816.